The maximum Gasteiger partial charge on any atom is 0.322 e. The first-order chi connectivity index (χ1) is 8.16. The molecule has 0 aromatic heterocycles. The third-order valence-corrected chi connectivity index (χ3v) is 2.50. The van der Waals surface area contributed by atoms with Gasteiger partial charge >= 0.3 is 5.97 Å². The molecule has 0 bridgehead atoms. The van der Waals surface area contributed by atoms with Crippen molar-refractivity contribution in [1.82, 2.24) is 0 Å². The monoisotopic (exact) mass is 238 g/mol. The second-order valence-corrected chi connectivity index (χ2v) is 3.74. The molecule has 0 saturated carbocycles. The Morgan fingerprint density at radius 1 is 1.35 bits per heavy atom. The second kappa shape index (κ2) is 5.05. The van der Waals surface area contributed by atoms with Gasteiger partial charge in [0.1, 0.15) is 24.1 Å². The lowest BCUT2D eigenvalue weighted by atomic mass is 9.99. The van der Waals surface area contributed by atoms with Crippen LogP contribution in [0, 0.1) is 11.7 Å². The minimum absolute atomic E-state index is 0.0524. The number of hydrogen-bond donors (Lipinski definition) is 0. The van der Waals surface area contributed by atoms with Gasteiger partial charge in [-0.15, -0.1) is 0 Å². The fourth-order valence-corrected chi connectivity index (χ4v) is 1.57. The van der Waals surface area contributed by atoms with E-state index in [1.54, 1.807) is 0 Å². The maximum absolute atomic E-state index is 12.6. The first kappa shape index (κ1) is 11.7. The maximum atomic E-state index is 12.6. The van der Waals surface area contributed by atoms with E-state index in [0.717, 1.165) is 0 Å². The predicted octanol–water partition coefficient (Wildman–Crippen LogP) is 1.34. The van der Waals surface area contributed by atoms with Gasteiger partial charge in [-0.3, -0.25) is 9.59 Å². The van der Waals surface area contributed by atoms with E-state index < -0.39 is 17.7 Å². The van der Waals surface area contributed by atoms with Crippen LogP contribution in [0.1, 0.15) is 6.42 Å². The number of rotatable bonds is 2. The van der Waals surface area contributed by atoms with Gasteiger partial charge in [-0.1, -0.05) is 0 Å². The molecule has 0 spiro atoms. The highest BCUT2D eigenvalue weighted by atomic mass is 19.1. The van der Waals surface area contributed by atoms with Gasteiger partial charge < -0.3 is 9.47 Å². The molecule has 1 unspecified atom stereocenters. The number of halogens is 1. The zero-order valence-corrected chi connectivity index (χ0v) is 9.02. The predicted molar refractivity (Wildman–Crippen MR) is 56.0 cm³/mol. The number of hydrogen-bond acceptors (Lipinski definition) is 4. The van der Waals surface area contributed by atoms with E-state index in [9.17, 15) is 14.0 Å². The van der Waals surface area contributed by atoms with Crippen LogP contribution in [0.2, 0.25) is 0 Å². The number of benzene rings is 1. The third kappa shape index (κ3) is 2.88. The summed E-state index contributed by atoms with van der Waals surface area (Å²) in [6, 6.07) is 5.07. The molecule has 1 saturated heterocycles. The van der Waals surface area contributed by atoms with Crippen molar-refractivity contribution >= 4 is 11.8 Å². The summed E-state index contributed by atoms with van der Waals surface area (Å²) in [7, 11) is 0. The third-order valence-electron chi connectivity index (χ3n) is 2.50. The van der Waals surface area contributed by atoms with Crippen LogP contribution in [0.15, 0.2) is 24.3 Å². The summed E-state index contributed by atoms with van der Waals surface area (Å²) < 4.78 is 22.5. The Morgan fingerprint density at radius 3 is 2.71 bits per heavy atom. The molecule has 4 nitrogen and oxygen atoms in total. The highest BCUT2D eigenvalue weighted by Gasteiger charge is 2.31. The van der Waals surface area contributed by atoms with Crippen LogP contribution in [-0.2, 0) is 14.3 Å². The van der Waals surface area contributed by atoms with Crippen molar-refractivity contribution in [3.05, 3.63) is 30.1 Å². The van der Waals surface area contributed by atoms with E-state index in [0.29, 0.717) is 13.0 Å². The highest BCUT2D eigenvalue weighted by Crippen LogP contribution is 2.17. The Bertz CT molecular complexity index is 427. The highest BCUT2D eigenvalue weighted by molar-refractivity contribution is 6.00. The van der Waals surface area contributed by atoms with Crippen LogP contribution < -0.4 is 4.74 Å². The first-order valence-corrected chi connectivity index (χ1v) is 5.24. The van der Waals surface area contributed by atoms with Crippen LogP contribution >= 0.6 is 0 Å². The van der Waals surface area contributed by atoms with Crippen molar-refractivity contribution in [2.45, 2.75) is 6.42 Å². The fraction of sp³-hybridized carbons (Fsp3) is 0.333. The van der Waals surface area contributed by atoms with Gasteiger partial charge in [0.15, 0.2) is 5.78 Å². The number of carbonyl (C=O) groups excluding carboxylic acids is 2. The molecule has 1 aromatic carbocycles. The second-order valence-electron chi connectivity index (χ2n) is 3.74. The fourth-order valence-electron chi connectivity index (χ4n) is 1.57. The van der Waals surface area contributed by atoms with Crippen molar-refractivity contribution in [2.24, 2.45) is 5.92 Å². The quantitative estimate of drug-likeness (QED) is 0.443. The van der Waals surface area contributed by atoms with E-state index >= 15 is 0 Å². The Morgan fingerprint density at radius 2 is 2.06 bits per heavy atom. The van der Waals surface area contributed by atoms with E-state index in [1.165, 1.54) is 24.3 Å². The van der Waals surface area contributed by atoms with Crippen LogP contribution in [0.4, 0.5) is 4.39 Å². The molecule has 1 heterocycles. The van der Waals surface area contributed by atoms with Crippen molar-refractivity contribution in [3.8, 4) is 5.75 Å². The molecule has 17 heavy (non-hydrogen) atoms. The number of ether oxygens (including phenoxy) is 2. The lowest BCUT2D eigenvalue weighted by Crippen LogP contribution is -2.35. The molecule has 0 aliphatic carbocycles. The Labute approximate surface area is 97.3 Å². The molecular formula is C12H11FO4. The molecule has 1 atom stereocenters. The van der Waals surface area contributed by atoms with Crippen LogP contribution in [-0.4, -0.2) is 25.0 Å². The molecule has 0 radical (unpaired) electrons. The standard InChI is InChI=1S/C12H11FO4/c13-8-1-3-9(4-2-8)17-12(15)10-5-6-16-7-11(10)14/h1-4,10H,5-7H2. The summed E-state index contributed by atoms with van der Waals surface area (Å²) in [6.45, 7) is 0.318. The largest absolute Gasteiger partial charge is 0.426 e. The van der Waals surface area contributed by atoms with Gasteiger partial charge in [0, 0.05) is 6.61 Å². The van der Waals surface area contributed by atoms with E-state index in [2.05, 4.69) is 0 Å². The molecule has 1 aromatic rings. The number of carbonyl (C=O) groups is 2. The lowest BCUT2D eigenvalue weighted by Gasteiger charge is -2.19. The topological polar surface area (TPSA) is 52.6 Å². The van der Waals surface area contributed by atoms with Crippen molar-refractivity contribution in [1.29, 1.82) is 0 Å². The normalized spacial score (nSPS) is 20.1. The molecule has 2 rings (SSSR count). The summed E-state index contributed by atoms with van der Waals surface area (Å²) in [5.74, 6) is -1.83. The van der Waals surface area contributed by atoms with Gasteiger partial charge in [0.05, 0.1) is 0 Å². The van der Waals surface area contributed by atoms with E-state index in [-0.39, 0.29) is 18.1 Å². The summed E-state index contributed by atoms with van der Waals surface area (Å²) in [4.78, 5) is 23.1. The number of ketones is 1. The zero-order valence-electron chi connectivity index (χ0n) is 9.02. The molecule has 1 aliphatic rings. The zero-order chi connectivity index (χ0) is 12.3. The molecule has 0 amide bonds. The molecule has 5 heteroatoms. The SMILES string of the molecule is O=C1COCCC1C(=O)Oc1ccc(F)cc1. The van der Waals surface area contributed by atoms with Gasteiger partial charge in [-0.05, 0) is 30.7 Å². The first-order valence-electron chi connectivity index (χ1n) is 5.24. The minimum Gasteiger partial charge on any atom is -0.426 e. The molecule has 90 valence electrons. The van der Waals surface area contributed by atoms with Gasteiger partial charge in [-0.2, -0.15) is 0 Å². The smallest absolute Gasteiger partial charge is 0.322 e. The van der Waals surface area contributed by atoms with Crippen molar-refractivity contribution < 1.29 is 23.5 Å². The minimum atomic E-state index is -0.770. The summed E-state index contributed by atoms with van der Waals surface area (Å²) in [6.07, 6.45) is 0.332. The van der Waals surface area contributed by atoms with E-state index in [1.807, 2.05) is 0 Å². The van der Waals surface area contributed by atoms with Crippen molar-refractivity contribution in [2.75, 3.05) is 13.2 Å². The molecular weight excluding hydrogens is 227 g/mol. The lowest BCUT2D eigenvalue weighted by molar-refractivity contribution is -0.149. The Hall–Kier alpha value is -1.75. The summed E-state index contributed by atoms with van der Waals surface area (Å²) >= 11 is 0. The summed E-state index contributed by atoms with van der Waals surface area (Å²) in [5.41, 5.74) is 0. The Kier molecular flexibility index (Phi) is 3.49. The summed E-state index contributed by atoms with van der Waals surface area (Å²) in [5, 5.41) is 0. The number of Topliss-reactive ketones (excluding diaryl/α,β-unsaturated/α-hetero) is 1. The average Bonchev–Trinajstić information content (AvgIpc) is 2.32. The van der Waals surface area contributed by atoms with E-state index in [4.69, 9.17) is 9.47 Å². The Balaban J connectivity index is 2.00. The van der Waals surface area contributed by atoms with Crippen LogP contribution in [0.25, 0.3) is 0 Å². The molecule has 1 aliphatic heterocycles. The molecule has 0 N–H and O–H groups in total. The molecule has 1 fully saturated rings. The van der Waals surface area contributed by atoms with Crippen LogP contribution in [0.3, 0.4) is 0 Å². The van der Waals surface area contributed by atoms with Crippen LogP contribution in [0.5, 0.6) is 5.75 Å². The van der Waals surface area contributed by atoms with Gasteiger partial charge in [-0.25, -0.2) is 4.39 Å². The van der Waals surface area contributed by atoms with Crippen molar-refractivity contribution in [3.63, 3.8) is 0 Å². The van der Waals surface area contributed by atoms with Gasteiger partial charge in [0.2, 0.25) is 0 Å². The average molecular weight is 238 g/mol. The van der Waals surface area contributed by atoms with Gasteiger partial charge in [0.25, 0.3) is 0 Å². The number of esters is 1.